The highest BCUT2D eigenvalue weighted by Gasteiger charge is 2.24. The first-order chi connectivity index (χ1) is 6.75. The lowest BCUT2D eigenvalue weighted by molar-refractivity contribution is 0.148. The lowest BCUT2D eigenvalue weighted by Crippen LogP contribution is -2.35. The molecule has 5 heteroatoms. The van der Waals surface area contributed by atoms with Crippen LogP contribution >= 0.6 is 0 Å². The molecule has 1 aromatic rings. The highest BCUT2D eigenvalue weighted by atomic mass is 16.3. The summed E-state index contributed by atoms with van der Waals surface area (Å²) in [6.07, 6.45) is 4.55. The van der Waals surface area contributed by atoms with Crippen molar-refractivity contribution >= 4 is 0 Å². The predicted molar refractivity (Wildman–Crippen MR) is 51.5 cm³/mol. The number of hydrogen-bond donors (Lipinski definition) is 2. The number of hydrogen-bond acceptors (Lipinski definition) is 4. The number of rotatable bonds is 3. The first-order valence-corrected chi connectivity index (χ1v) is 5.01. The van der Waals surface area contributed by atoms with Crippen LogP contribution in [0.4, 0.5) is 0 Å². The molecule has 0 aromatic carbocycles. The maximum atomic E-state index is 9.56. The van der Waals surface area contributed by atoms with Crippen LogP contribution in [-0.4, -0.2) is 32.0 Å². The van der Waals surface area contributed by atoms with Crippen LogP contribution < -0.4 is 5.32 Å². The molecule has 2 rings (SSSR count). The number of aliphatic hydroxyl groups excluding tert-OH is 1. The molecule has 0 saturated heterocycles. The third-order valence-electron chi connectivity index (χ3n) is 2.65. The SMILES string of the molecule is Cn1cnc(CN[C@@H]2CCC[C@H]2O)n1. The molecule has 0 spiro atoms. The monoisotopic (exact) mass is 196 g/mol. The molecular weight excluding hydrogens is 180 g/mol. The molecule has 5 nitrogen and oxygen atoms in total. The van der Waals surface area contributed by atoms with Gasteiger partial charge in [-0.15, -0.1) is 0 Å². The Morgan fingerprint density at radius 1 is 1.64 bits per heavy atom. The summed E-state index contributed by atoms with van der Waals surface area (Å²) in [7, 11) is 1.85. The molecule has 14 heavy (non-hydrogen) atoms. The van der Waals surface area contributed by atoms with Gasteiger partial charge in [0.05, 0.1) is 12.6 Å². The van der Waals surface area contributed by atoms with E-state index in [2.05, 4.69) is 15.4 Å². The largest absolute Gasteiger partial charge is 0.392 e. The zero-order valence-electron chi connectivity index (χ0n) is 8.35. The summed E-state index contributed by atoms with van der Waals surface area (Å²) >= 11 is 0. The Labute approximate surface area is 83.2 Å². The Morgan fingerprint density at radius 3 is 3.07 bits per heavy atom. The normalized spacial score (nSPS) is 27.0. The second kappa shape index (κ2) is 4.06. The molecule has 0 aliphatic heterocycles. The highest BCUT2D eigenvalue weighted by Crippen LogP contribution is 2.18. The van der Waals surface area contributed by atoms with Crippen molar-refractivity contribution in [2.75, 3.05) is 0 Å². The van der Waals surface area contributed by atoms with Gasteiger partial charge in [0.2, 0.25) is 0 Å². The minimum Gasteiger partial charge on any atom is -0.392 e. The van der Waals surface area contributed by atoms with Gasteiger partial charge < -0.3 is 10.4 Å². The second-order valence-electron chi connectivity index (χ2n) is 3.82. The van der Waals surface area contributed by atoms with Crippen molar-refractivity contribution in [1.82, 2.24) is 20.1 Å². The first kappa shape index (κ1) is 9.61. The Hall–Kier alpha value is -0.940. The zero-order chi connectivity index (χ0) is 9.97. The van der Waals surface area contributed by atoms with Crippen LogP contribution in [0.3, 0.4) is 0 Å². The van der Waals surface area contributed by atoms with Crippen molar-refractivity contribution in [2.45, 2.75) is 38.0 Å². The smallest absolute Gasteiger partial charge is 0.164 e. The van der Waals surface area contributed by atoms with Gasteiger partial charge in [-0.3, -0.25) is 4.68 Å². The van der Waals surface area contributed by atoms with Gasteiger partial charge in [-0.25, -0.2) is 4.98 Å². The van der Waals surface area contributed by atoms with Gasteiger partial charge in [0, 0.05) is 13.1 Å². The maximum absolute atomic E-state index is 9.56. The van der Waals surface area contributed by atoms with E-state index in [1.54, 1.807) is 11.0 Å². The molecule has 2 atom stereocenters. The summed E-state index contributed by atoms with van der Waals surface area (Å²) in [4.78, 5) is 4.11. The fraction of sp³-hybridized carbons (Fsp3) is 0.778. The molecule has 1 heterocycles. The van der Waals surface area contributed by atoms with E-state index < -0.39 is 0 Å². The molecule has 0 bridgehead atoms. The summed E-state index contributed by atoms with van der Waals surface area (Å²) in [6.45, 7) is 0.641. The molecule has 0 amide bonds. The summed E-state index contributed by atoms with van der Waals surface area (Å²) in [6, 6.07) is 0.221. The van der Waals surface area contributed by atoms with Gasteiger partial charge in [0.15, 0.2) is 5.82 Å². The van der Waals surface area contributed by atoms with Crippen molar-refractivity contribution in [1.29, 1.82) is 0 Å². The molecule has 1 aliphatic carbocycles. The van der Waals surface area contributed by atoms with Gasteiger partial charge in [-0.1, -0.05) is 0 Å². The summed E-state index contributed by atoms with van der Waals surface area (Å²) < 4.78 is 1.68. The van der Waals surface area contributed by atoms with Crippen LogP contribution in [0.2, 0.25) is 0 Å². The van der Waals surface area contributed by atoms with Gasteiger partial charge in [-0.2, -0.15) is 5.10 Å². The third kappa shape index (κ3) is 2.10. The van der Waals surface area contributed by atoms with Crippen LogP contribution in [-0.2, 0) is 13.6 Å². The third-order valence-corrected chi connectivity index (χ3v) is 2.65. The van der Waals surface area contributed by atoms with E-state index >= 15 is 0 Å². The second-order valence-corrected chi connectivity index (χ2v) is 3.82. The minimum absolute atomic E-state index is 0.196. The molecule has 1 aromatic heterocycles. The number of nitrogens with one attached hydrogen (secondary N) is 1. The maximum Gasteiger partial charge on any atom is 0.164 e. The van der Waals surface area contributed by atoms with E-state index in [0.29, 0.717) is 6.54 Å². The summed E-state index contributed by atoms with van der Waals surface area (Å²) in [5, 5.41) is 17.0. The average molecular weight is 196 g/mol. The molecular formula is C9H16N4O. The Kier molecular flexibility index (Phi) is 2.79. The lowest BCUT2D eigenvalue weighted by atomic mass is 10.2. The standard InChI is InChI=1S/C9H16N4O/c1-13-6-11-9(12-13)5-10-7-3-2-4-8(7)14/h6-8,10,14H,2-5H2,1H3/t7-,8-/m1/s1. The van der Waals surface area contributed by atoms with Crippen LogP contribution in [0.25, 0.3) is 0 Å². The minimum atomic E-state index is -0.196. The van der Waals surface area contributed by atoms with Crippen LogP contribution in [0, 0.1) is 0 Å². The quantitative estimate of drug-likeness (QED) is 0.704. The van der Waals surface area contributed by atoms with Crippen molar-refractivity contribution in [2.24, 2.45) is 7.05 Å². The summed E-state index contributed by atoms with van der Waals surface area (Å²) in [5.74, 6) is 0.784. The summed E-state index contributed by atoms with van der Waals surface area (Å²) in [5.41, 5.74) is 0. The molecule has 2 N–H and O–H groups in total. The fourth-order valence-corrected chi connectivity index (χ4v) is 1.87. The topological polar surface area (TPSA) is 63.0 Å². The van der Waals surface area contributed by atoms with E-state index in [0.717, 1.165) is 25.1 Å². The van der Waals surface area contributed by atoms with E-state index in [9.17, 15) is 5.11 Å². The number of aliphatic hydroxyl groups is 1. The van der Waals surface area contributed by atoms with Crippen LogP contribution in [0.1, 0.15) is 25.1 Å². The van der Waals surface area contributed by atoms with Gasteiger partial charge in [0.25, 0.3) is 0 Å². The molecule has 78 valence electrons. The first-order valence-electron chi connectivity index (χ1n) is 5.01. The Bertz CT molecular complexity index is 299. The Balaban J connectivity index is 1.82. The molecule has 1 saturated carbocycles. The predicted octanol–water partition coefficient (Wildman–Crippen LogP) is -0.182. The van der Waals surface area contributed by atoms with E-state index in [1.165, 1.54) is 0 Å². The molecule has 1 aliphatic rings. The van der Waals surface area contributed by atoms with E-state index in [-0.39, 0.29) is 12.1 Å². The fourth-order valence-electron chi connectivity index (χ4n) is 1.87. The number of aryl methyl sites for hydroxylation is 1. The number of aromatic nitrogens is 3. The van der Waals surface area contributed by atoms with E-state index in [1.807, 2.05) is 7.05 Å². The van der Waals surface area contributed by atoms with E-state index in [4.69, 9.17) is 0 Å². The molecule has 1 fully saturated rings. The Morgan fingerprint density at radius 2 is 2.50 bits per heavy atom. The van der Waals surface area contributed by atoms with Crippen LogP contribution in [0.5, 0.6) is 0 Å². The molecule has 0 radical (unpaired) electrons. The van der Waals surface area contributed by atoms with Crippen molar-refractivity contribution in [3.63, 3.8) is 0 Å². The van der Waals surface area contributed by atoms with Gasteiger partial charge in [-0.05, 0) is 19.3 Å². The van der Waals surface area contributed by atoms with Gasteiger partial charge >= 0.3 is 0 Å². The van der Waals surface area contributed by atoms with Crippen molar-refractivity contribution in [3.05, 3.63) is 12.2 Å². The van der Waals surface area contributed by atoms with Crippen molar-refractivity contribution < 1.29 is 5.11 Å². The van der Waals surface area contributed by atoms with Gasteiger partial charge in [0.1, 0.15) is 6.33 Å². The average Bonchev–Trinajstić information content (AvgIpc) is 2.72. The van der Waals surface area contributed by atoms with Crippen molar-refractivity contribution in [3.8, 4) is 0 Å². The highest BCUT2D eigenvalue weighted by molar-refractivity contribution is 4.86. The zero-order valence-corrected chi connectivity index (χ0v) is 8.35. The molecule has 0 unspecified atom stereocenters. The number of nitrogens with zero attached hydrogens (tertiary/aromatic N) is 3. The van der Waals surface area contributed by atoms with Crippen LogP contribution in [0.15, 0.2) is 6.33 Å². The lowest BCUT2D eigenvalue weighted by Gasteiger charge is -2.14.